The maximum absolute atomic E-state index is 13.8. The number of carbonyl (C=O) groups is 1. The van der Waals surface area contributed by atoms with E-state index >= 15 is 0 Å². The number of likely N-dealkylation sites (tertiary alicyclic amines) is 1. The van der Waals surface area contributed by atoms with Crippen LogP contribution in [0.4, 0.5) is 4.39 Å². The number of nitrogens with zero attached hydrogens (tertiary/aromatic N) is 4. The second kappa shape index (κ2) is 6.96. The molecule has 0 N–H and O–H groups in total. The Balaban J connectivity index is 1.97. The predicted molar refractivity (Wildman–Crippen MR) is 84.3 cm³/mol. The molecule has 1 amide bonds. The van der Waals surface area contributed by atoms with E-state index in [-0.39, 0.29) is 6.04 Å². The number of likely N-dealkylation sites (N-methyl/N-ethyl adjacent to an activating group) is 1. The van der Waals surface area contributed by atoms with E-state index in [0.29, 0.717) is 26.1 Å². The van der Waals surface area contributed by atoms with Crippen molar-refractivity contribution in [2.24, 2.45) is 7.05 Å². The van der Waals surface area contributed by atoms with Gasteiger partial charge in [0.1, 0.15) is 11.9 Å². The van der Waals surface area contributed by atoms with Crippen LogP contribution in [0.3, 0.4) is 0 Å². The molecular formula is C14H23FN4O3S. The standard InChI is InChI=1S/C14H23FN4O3S/c1-17(14(20)10-23(3,21)22)9-13-4-12(15)8-19(13)7-11-5-16-18(2)6-11/h5-6,12-13H,4,7-10H2,1-3H3/t12-,13-/m0/s1. The van der Waals surface area contributed by atoms with Gasteiger partial charge in [-0.05, 0) is 6.42 Å². The van der Waals surface area contributed by atoms with Crippen LogP contribution in [0.25, 0.3) is 0 Å². The zero-order chi connectivity index (χ0) is 17.2. The van der Waals surface area contributed by atoms with Crippen molar-refractivity contribution < 1.29 is 17.6 Å². The highest BCUT2D eigenvalue weighted by atomic mass is 32.2. The highest BCUT2D eigenvalue weighted by molar-refractivity contribution is 7.91. The number of hydrogen-bond acceptors (Lipinski definition) is 5. The summed E-state index contributed by atoms with van der Waals surface area (Å²) in [5.41, 5.74) is 0.983. The number of amides is 1. The number of hydrogen-bond donors (Lipinski definition) is 0. The van der Waals surface area contributed by atoms with E-state index in [1.165, 1.54) is 4.90 Å². The van der Waals surface area contributed by atoms with E-state index in [9.17, 15) is 17.6 Å². The van der Waals surface area contributed by atoms with Crippen molar-refractivity contribution in [3.63, 3.8) is 0 Å². The molecule has 0 aliphatic carbocycles. The summed E-state index contributed by atoms with van der Waals surface area (Å²) in [7, 11) is 0.0149. The average molecular weight is 346 g/mol. The second-order valence-electron chi connectivity index (χ2n) is 6.28. The van der Waals surface area contributed by atoms with Gasteiger partial charge in [0.25, 0.3) is 0 Å². The van der Waals surface area contributed by atoms with E-state index in [1.807, 2.05) is 18.1 Å². The van der Waals surface area contributed by atoms with Gasteiger partial charge in [-0.2, -0.15) is 5.10 Å². The Morgan fingerprint density at radius 3 is 2.78 bits per heavy atom. The van der Waals surface area contributed by atoms with Crippen LogP contribution < -0.4 is 0 Å². The SMILES string of the molecule is CN(C[C@@H]1C[C@H](F)CN1Cc1cnn(C)c1)C(=O)CS(C)(=O)=O. The molecule has 9 heteroatoms. The summed E-state index contributed by atoms with van der Waals surface area (Å²) >= 11 is 0. The summed E-state index contributed by atoms with van der Waals surface area (Å²) in [5.74, 6) is -0.978. The van der Waals surface area contributed by atoms with E-state index in [1.54, 1.807) is 17.9 Å². The molecule has 2 heterocycles. The van der Waals surface area contributed by atoms with Gasteiger partial charge < -0.3 is 4.90 Å². The molecule has 2 rings (SSSR count). The molecule has 23 heavy (non-hydrogen) atoms. The number of carbonyl (C=O) groups excluding carboxylic acids is 1. The summed E-state index contributed by atoms with van der Waals surface area (Å²) in [5, 5.41) is 4.10. The van der Waals surface area contributed by atoms with Crippen LogP contribution in [0.2, 0.25) is 0 Å². The first-order valence-corrected chi connectivity index (χ1v) is 9.47. The molecule has 1 fully saturated rings. The lowest BCUT2D eigenvalue weighted by atomic mass is 10.2. The summed E-state index contributed by atoms with van der Waals surface area (Å²) in [4.78, 5) is 15.3. The third-order valence-corrected chi connectivity index (χ3v) is 4.69. The Kier molecular flexibility index (Phi) is 5.41. The van der Waals surface area contributed by atoms with Crippen molar-refractivity contribution in [1.82, 2.24) is 19.6 Å². The zero-order valence-corrected chi connectivity index (χ0v) is 14.5. The van der Waals surface area contributed by atoms with Gasteiger partial charge in [0.05, 0.1) is 6.20 Å². The zero-order valence-electron chi connectivity index (χ0n) is 13.6. The van der Waals surface area contributed by atoms with Gasteiger partial charge in [0.2, 0.25) is 5.91 Å². The molecule has 0 radical (unpaired) electrons. The van der Waals surface area contributed by atoms with Gasteiger partial charge in [-0.1, -0.05) is 0 Å². The lowest BCUT2D eigenvalue weighted by Gasteiger charge is -2.28. The van der Waals surface area contributed by atoms with E-state index in [4.69, 9.17) is 0 Å². The number of halogens is 1. The fourth-order valence-electron chi connectivity index (χ4n) is 2.85. The van der Waals surface area contributed by atoms with Crippen LogP contribution in [0, 0.1) is 0 Å². The van der Waals surface area contributed by atoms with Gasteiger partial charge in [0, 0.05) is 57.8 Å². The van der Waals surface area contributed by atoms with Crippen LogP contribution in [0.5, 0.6) is 0 Å². The summed E-state index contributed by atoms with van der Waals surface area (Å²) < 4.78 is 37.9. The fourth-order valence-corrected chi connectivity index (χ4v) is 3.52. The first-order chi connectivity index (χ1) is 10.6. The molecule has 7 nitrogen and oxygen atoms in total. The Hall–Kier alpha value is -1.48. The number of aromatic nitrogens is 2. The van der Waals surface area contributed by atoms with Crippen molar-refractivity contribution >= 4 is 15.7 Å². The van der Waals surface area contributed by atoms with Crippen LogP contribution >= 0.6 is 0 Å². The Morgan fingerprint density at radius 1 is 1.52 bits per heavy atom. The highest BCUT2D eigenvalue weighted by Crippen LogP contribution is 2.23. The second-order valence-corrected chi connectivity index (χ2v) is 8.42. The maximum Gasteiger partial charge on any atom is 0.237 e. The topological polar surface area (TPSA) is 75.5 Å². The minimum atomic E-state index is -3.36. The van der Waals surface area contributed by atoms with Gasteiger partial charge in [-0.3, -0.25) is 14.4 Å². The lowest BCUT2D eigenvalue weighted by Crippen LogP contribution is -2.42. The smallest absolute Gasteiger partial charge is 0.237 e. The number of aryl methyl sites for hydroxylation is 1. The van der Waals surface area contributed by atoms with Crippen molar-refractivity contribution in [3.05, 3.63) is 18.0 Å². The molecule has 0 bridgehead atoms. The fraction of sp³-hybridized carbons (Fsp3) is 0.714. The molecule has 1 aliphatic rings. The maximum atomic E-state index is 13.8. The normalized spacial score (nSPS) is 22.4. The molecule has 0 unspecified atom stereocenters. The molecule has 1 aliphatic heterocycles. The van der Waals surface area contributed by atoms with Gasteiger partial charge in [-0.25, -0.2) is 12.8 Å². The molecule has 1 aromatic heterocycles. The largest absolute Gasteiger partial charge is 0.343 e. The van der Waals surface area contributed by atoms with Crippen molar-refractivity contribution in [3.8, 4) is 0 Å². The monoisotopic (exact) mass is 346 g/mol. The van der Waals surface area contributed by atoms with E-state index in [2.05, 4.69) is 5.10 Å². The third kappa shape index (κ3) is 5.28. The molecular weight excluding hydrogens is 323 g/mol. The van der Waals surface area contributed by atoms with E-state index < -0.39 is 27.7 Å². The first kappa shape index (κ1) is 17.9. The third-order valence-electron chi connectivity index (χ3n) is 3.92. The molecule has 130 valence electrons. The molecule has 0 spiro atoms. The van der Waals surface area contributed by atoms with Crippen molar-refractivity contribution in [2.45, 2.75) is 25.2 Å². The van der Waals surface area contributed by atoms with Gasteiger partial charge in [0.15, 0.2) is 9.84 Å². The van der Waals surface area contributed by atoms with Crippen LogP contribution in [-0.4, -0.2) is 78.3 Å². The number of rotatable bonds is 6. The van der Waals surface area contributed by atoms with Crippen LogP contribution in [0.15, 0.2) is 12.4 Å². The predicted octanol–water partition coefficient (Wildman–Crippen LogP) is -0.164. The quantitative estimate of drug-likeness (QED) is 0.715. The number of sulfone groups is 1. The van der Waals surface area contributed by atoms with Gasteiger partial charge in [-0.15, -0.1) is 0 Å². The Bertz CT molecular complexity index is 661. The molecule has 1 aromatic rings. The van der Waals surface area contributed by atoms with Crippen LogP contribution in [0.1, 0.15) is 12.0 Å². The Labute approximate surface area is 136 Å². The molecule has 0 aromatic carbocycles. The number of alkyl halides is 1. The molecule has 2 atom stereocenters. The summed E-state index contributed by atoms with van der Waals surface area (Å²) in [6.45, 7) is 1.19. The van der Waals surface area contributed by atoms with Crippen LogP contribution in [-0.2, 0) is 28.2 Å². The molecule has 0 saturated carbocycles. The minimum Gasteiger partial charge on any atom is -0.343 e. The average Bonchev–Trinajstić information content (AvgIpc) is 2.94. The Morgan fingerprint density at radius 2 is 2.22 bits per heavy atom. The van der Waals surface area contributed by atoms with Crippen molar-refractivity contribution in [2.75, 3.05) is 32.1 Å². The van der Waals surface area contributed by atoms with Gasteiger partial charge >= 0.3 is 0 Å². The summed E-state index contributed by atoms with van der Waals surface area (Å²) in [6.07, 6.45) is 4.05. The molecule has 1 saturated heterocycles. The van der Waals surface area contributed by atoms with E-state index in [0.717, 1.165) is 11.8 Å². The highest BCUT2D eigenvalue weighted by Gasteiger charge is 2.33. The van der Waals surface area contributed by atoms with Crippen molar-refractivity contribution in [1.29, 1.82) is 0 Å². The first-order valence-electron chi connectivity index (χ1n) is 7.41. The minimum absolute atomic E-state index is 0.126. The lowest BCUT2D eigenvalue weighted by molar-refractivity contribution is -0.127. The summed E-state index contributed by atoms with van der Waals surface area (Å²) in [6, 6.07) is -0.126.